The summed E-state index contributed by atoms with van der Waals surface area (Å²) in [5.74, 6) is 0.415. The maximum atomic E-state index is 12.7. The van der Waals surface area contributed by atoms with E-state index in [1.807, 2.05) is 35.4 Å². The van der Waals surface area contributed by atoms with E-state index in [2.05, 4.69) is 15.3 Å². The van der Waals surface area contributed by atoms with Gasteiger partial charge >= 0.3 is 6.18 Å². The minimum Gasteiger partial charge on any atom is -0.361 e. The zero-order valence-corrected chi connectivity index (χ0v) is 15.0. The third kappa shape index (κ3) is 3.81. The summed E-state index contributed by atoms with van der Waals surface area (Å²) in [6.45, 7) is 1.16. The average molecular weight is 388 g/mol. The number of anilines is 1. The predicted octanol–water partition coefficient (Wildman–Crippen LogP) is 3.52. The fourth-order valence-corrected chi connectivity index (χ4v) is 3.56. The van der Waals surface area contributed by atoms with Crippen LogP contribution >= 0.6 is 0 Å². The van der Waals surface area contributed by atoms with Crippen LogP contribution in [0.1, 0.15) is 17.5 Å². The molecule has 5 nitrogen and oxygen atoms in total. The van der Waals surface area contributed by atoms with Gasteiger partial charge in [0, 0.05) is 42.4 Å². The second kappa shape index (κ2) is 7.18. The molecule has 8 heteroatoms. The Kier molecular flexibility index (Phi) is 4.70. The summed E-state index contributed by atoms with van der Waals surface area (Å²) in [5.41, 5.74) is 1.16. The number of pyridine rings is 1. The number of benzene rings is 1. The van der Waals surface area contributed by atoms with Gasteiger partial charge in [-0.1, -0.05) is 18.2 Å². The Bertz CT molecular complexity index is 981. The van der Waals surface area contributed by atoms with Crippen LogP contribution in [0, 0.1) is 0 Å². The Hall–Kier alpha value is -3.03. The lowest BCUT2D eigenvalue weighted by Crippen LogP contribution is -2.38. The molecule has 2 N–H and O–H groups in total. The molecular weight excluding hydrogens is 369 g/mol. The molecule has 146 valence electrons. The third-order valence-electron chi connectivity index (χ3n) is 4.98. The van der Waals surface area contributed by atoms with Gasteiger partial charge in [0.2, 0.25) is 5.91 Å². The minimum absolute atomic E-state index is 0.0539. The van der Waals surface area contributed by atoms with Crippen LogP contribution in [0.4, 0.5) is 19.0 Å². The van der Waals surface area contributed by atoms with E-state index in [4.69, 9.17) is 0 Å². The number of carbonyl (C=O) groups is 1. The van der Waals surface area contributed by atoms with Gasteiger partial charge in [0.25, 0.3) is 0 Å². The second-order valence-corrected chi connectivity index (χ2v) is 6.94. The first-order valence-electron chi connectivity index (χ1n) is 9.03. The maximum absolute atomic E-state index is 12.7. The Balaban J connectivity index is 1.35. The highest BCUT2D eigenvalue weighted by Crippen LogP contribution is 2.30. The number of carbonyl (C=O) groups excluding carboxylic acids is 1. The van der Waals surface area contributed by atoms with Gasteiger partial charge in [0.05, 0.1) is 12.0 Å². The SMILES string of the molecule is O=C(Cc1c[nH]c2ccccc12)NC1CCN(c2ccc(C(F)(F)F)cn2)C1. The quantitative estimate of drug-likeness (QED) is 0.719. The first kappa shape index (κ1) is 18.3. The van der Waals surface area contributed by atoms with Crippen LogP contribution in [0.2, 0.25) is 0 Å². The van der Waals surface area contributed by atoms with E-state index in [-0.39, 0.29) is 18.4 Å². The molecule has 0 saturated carbocycles. The number of aromatic nitrogens is 2. The molecule has 2 aromatic heterocycles. The monoisotopic (exact) mass is 388 g/mol. The number of aromatic amines is 1. The standard InChI is InChI=1S/C20H19F3N4O/c21-20(22,23)14-5-6-18(25-11-14)27-8-7-15(12-27)26-19(28)9-13-10-24-17-4-2-1-3-16(13)17/h1-6,10-11,15,24H,7-9,12H2,(H,26,28). The van der Waals surface area contributed by atoms with E-state index < -0.39 is 11.7 Å². The number of amides is 1. The summed E-state index contributed by atoms with van der Waals surface area (Å²) < 4.78 is 38.0. The zero-order valence-electron chi connectivity index (χ0n) is 15.0. The van der Waals surface area contributed by atoms with Gasteiger partial charge in [-0.05, 0) is 30.2 Å². The van der Waals surface area contributed by atoms with Gasteiger partial charge in [-0.3, -0.25) is 4.79 Å². The molecule has 0 spiro atoms. The smallest absolute Gasteiger partial charge is 0.361 e. The molecule has 4 rings (SSSR count). The number of para-hydroxylation sites is 1. The van der Waals surface area contributed by atoms with Crippen molar-refractivity contribution in [2.75, 3.05) is 18.0 Å². The van der Waals surface area contributed by atoms with E-state index in [1.54, 1.807) is 0 Å². The van der Waals surface area contributed by atoms with Crippen molar-refractivity contribution in [3.05, 3.63) is 59.9 Å². The molecule has 1 atom stereocenters. The largest absolute Gasteiger partial charge is 0.417 e. The number of fused-ring (bicyclic) bond motifs is 1. The van der Waals surface area contributed by atoms with Gasteiger partial charge in [0.1, 0.15) is 5.82 Å². The van der Waals surface area contributed by atoms with Gasteiger partial charge in [-0.2, -0.15) is 13.2 Å². The van der Waals surface area contributed by atoms with Crippen LogP contribution in [0.25, 0.3) is 10.9 Å². The number of halogens is 3. The lowest BCUT2D eigenvalue weighted by molar-refractivity contribution is -0.137. The molecule has 3 aromatic rings. The van der Waals surface area contributed by atoms with Crippen LogP contribution in [0.5, 0.6) is 0 Å². The van der Waals surface area contributed by atoms with Crippen molar-refractivity contribution >= 4 is 22.6 Å². The van der Waals surface area contributed by atoms with Crippen LogP contribution < -0.4 is 10.2 Å². The molecule has 1 amide bonds. The van der Waals surface area contributed by atoms with Crippen molar-refractivity contribution in [1.29, 1.82) is 0 Å². The lowest BCUT2D eigenvalue weighted by atomic mass is 10.1. The van der Waals surface area contributed by atoms with Crippen LogP contribution in [-0.4, -0.2) is 35.0 Å². The van der Waals surface area contributed by atoms with Crippen molar-refractivity contribution in [2.24, 2.45) is 0 Å². The van der Waals surface area contributed by atoms with Gasteiger partial charge in [-0.15, -0.1) is 0 Å². The van der Waals surface area contributed by atoms with E-state index in [9.17, 15) is 18.0 Å². The number of nitrogens with zero attached hydrogens (tertiary/aromatic N) is 2. The molecular formula is C20H19F3N4O. The van der Waals surface area contributed by atoms with Crippen molar-refractivity contribution in [3.8, 4) is 0 Å². The summed E-state index contributed by atoms with van der Waals surface area (Å²) in [6, 6.07) is 10.2. The molecule has 0 aliphatic carbocycles. The van der Waals surface area contributed by atoms with Crippen molar-refractivity contribution in [3.63, 3.8) is 0 Å². The number of alkyl halides is 3. The molecule has 28 heavy (non-hydrogen) atoms. The summed E-state index contributed by atoms with van der Waals surface area (Å²) in [4.78, 5) is 21.4. The molecule has 1 aliphatic rings. The van der Waals surface area contributed by atoms with E-state index >= 15 is 0 Å². The highest BCUT2D eigenvalue weighted by Gasteiger charge is 2.31. The topological polar surface area (TPSA) is 61.0 Å². The highest BCUT2D eigenvalue weighted by atomic mass is 19.4. The van der Waals surface area contributed by atoms with Crippen molar-refractivity contribution in [1.82, 2.24) is 15.3 Å². The number of nitrogens with one attached hydrogen (secondary N) is 2. The molecule has 0 radical (unpaired) electrons. The van der Waals surface area contributed by atoms with E-state index in [0.29, 0.717) is 18.9 Å². The molecule has 1 aliphatic heterocycles. The summed E-state index contributed by atoms with van der Waals surface area (Å²) >= 11 is 0. The molecule has 1 saturated heterocycles. The van der Waals surface area contributed by atoms with Gasteiger partial charge in [0.15, 0.2) is 0 Å². The maximum Gasteiger partial charge on any atom is 0.417 e. The summed E-state index contributed by atoms with van der Waals surface area (Å²) in [6.07, 6.45) is -0.702. The predicted molar refractivity (Wildman–Crippen MR) is 100 cm³/mol. The number of hydrogen-bond acceptors (Lipinski definition) is 3. The summed E-state index contributed by atoms with van der Waals surface area (Å²) in [7, 11) is 0. The van der Waals surface area contributed by atoms with Gasteiger partial charge in [-0.25, -0.2) is 4.98 Å². The molecule has 1 unspecified atom stereocenters. The number of H-pyrrole nitrogens is 1. The fourth-order valence-electron chi connectivity index (χ4n) is 3.56. The van der Waals surface area contributed by atoms with Crippen molar-refractivity contribution < 1.29 is 18.0 Å². The molecule has 1 fully saturated rings. The van der Waals surface area contributed by atoms with Crippen LogP contribution in [0.3, 0.4) is 0 Å². The minimum atomic E-state index is -4.39. The normalized spacial score (nSPS) is 17.2. The molecule has 3 heterocycles. The van der Waals surface area contributed by atoms with Crippen molar-refractivity contribution in [2.45, 2.75) is 25.1 Å². The first-order valence-corrected chi connectivity index (χ1v) is 9.03. The summed E-state index contributed by atoms with van der Waals surface area (Å²) in [5, 5.41) is 4.04. The third-order valence-corrected chi connectivity index (χ3v) is 4.98. The highest BCUT2D eigenvalue weighted by molar-refractivity contribution is 5.89. The van der Waals surface area contributed by atoms with E-state index in [1.165, 1.54) is 6.07 Å². The van der Waals surface area contributed by atoms with Gasteiger partial charge < -0.3 is 15.2 Å². The second-order valence-electron chi connectivity index (χ2n) is 6.94. The number of hydrogen-bond donors (Lipinski definition) is 2. The van der Waals surface area contributed by atoms with Crippen LogP contribution in [0.15, 0.2) is 48.8 Å². The molecule has 0 bridgehead atoms. The fraction of sp³-hybridized carbons (Fsp3) is 0.300. The van der Waals surface area contributed by atoms with E-state index in [0.717, 1.165) is 35.2 Å². The Labute approximate surface area is 159 Å². The average Bonchev–Trinajstić information content (AvgIpc) is 3.29. The number of rotatable bonds is 4. The zero-order chi connectivity index (χ0) is 19.7. The molecule has 1 aromatic carbocycles. The van der Waals surface area contributed by atoms with Crippen LogP contribution in [-0.2, 0) is 17.4 Å². The Morgan fingerprint density at radius 1 is 1.25 bits per heavy atom. The first-order chi connectivity index (χ1) is 13.4. The Morgan fingerprint density at radius 2 is 2.07 bits per heavy atom. The Morgan fingerprint density at radius 3 is 2.82 bits per heavy atom. The lowest BCUT2D eigenvalue weighted by Gasteiger charge is -2.18.